The zero-order valence-electron chi connectivity index (χ0n) is 43.8. The third-order valence-electron chi connectivity index (χ3n) is 15.1. The van der Waals surface area contributed by atoms with Crippen LogP contribution in [0.4, 0.5) is 0 Å². The van der Waals surface area contributed by atoms with Crippen LogP contribution >= 0.6 is 22.6 Å². The van der Waals surface area contributed by atoms with Gasteiger partial charge < -0.3 is 27.5 Å². The van der Waals surface area contributed by atoms with Crippen LogP contribution < -0.4 is 8.85 Å². The normalized spacial score (nSPS) is 17.7. The van der Waals surface area contributed by atoms with Crippen LogP contribution in [0.5, 0.6) is 11.5 Å². The minimum absolute atomic E-state index is 0.0553. The molecule has 0 saturated heterocycles. The van der Waals surface area contributed by atoms with Crippen LogP contribution in [0.2, 0.25) is 51.4 Å². The van der Waals surface area contributed by atoms with E-state index >= 15 is 0 Å². The lowest BCUT2D eigenvalue weighted by atomic mass is 9.75. The van der Waals surface area contributed by atoms with Crippen molar-refractivity contribution < 1.29 is 41.9 Å². The molecule has 0 fully saturated rings. The summed E-state index contributed by atoms with van der Waals surface area (Å²) in [6, 6.07) is 2.01. The fraction of sp³-hybridized carbons (Fsp3) is 0.780. The summed E-state index contributed by atoms with van der Waals surface area (Å²) in [5.74, 6) is -0.511. The van der Waals surface area contributed by atoms with Crippen LogP contribution in [-0.4, -0.2) is 67.3 Å². The molecule has 1 aliphatic rings. The topological polar surface area (TPSA) is 107 Å². The second kappa shape index (κ2) is 22.4. The molecular weight excluding hydrogens is 956 g/mol. The summed E-state index contributed by atoms with van der Waals surface area (Å²) in [6.07, 6.45) is 0.822. The number of esters is 3. The van der Waals surface area contributed by atoms with Gasteiger partial charge in [-0.3, -0.25) is 9.59 Å². The minimum atomic E-state index is -2.55. The first-order valence-corrected chi connectivity index (χ1v) is 32.1. The molecule has 0 radical (unpaired) electrons. The maximum absolute atomic E-state index is 14.7. The minimum Gasteiger partial charge on any atom is -0.542 e. The van der Waals surface area contributed by atoms with Crippen molar-refractivity contribution >= 4 is 65.5 Å². The summed E-state index contributed by atoms with van der Waals surface area (Å²) in [4.78, 5) is 40.7. The summed E-state index contributed by atoms with van der Waals surface area (Å²) in [5, 5.41) is -0.0553. The Balaban J connectivity index is 2.91. The van der Waals surface area contributed by atoms with Crippen molar-refractivity contribution in [2.24, 2.45) is 11.3 Å². The van der Waals surface area contributed by atoms with E-state index in [1.807, 2.05) is 17.1 Å². The van der Waals surface area contributed by atoms with E-state index < -0.39 is 72.5 Å². The molecule has 1 aromatic carbocycles. The van der Waals surface area contributed by atoms with E-state index in [1.165, 1.54) is 13.8 Å². The summed E-state index contributed by atoms with van der Waals surface area (Å²) in [7, 11) is -7.29. The lowest BCUT2D eigenvalue weighted by molar-refractivity contribution is -0.168. The van der Waals surface area contributed by atoms with E-state index in [0.717, 1.165) is 16.9 Å². The Morgan fingerprint density at radius 3 is 1.60 bits per heavy atom. The van der Waals surface area contributed by atoms with E-state index in [9.17, 15) is 14.4 Å². The first-order valence-electron chi connectivity index (χ1n) is 23.7. The van der Waals surface area contributed by atoms with Crippen LogP contribution in [-0.2, 0) is 34.6 Å². The van der Waals surface area contributed by atoms with E-state index in [-0.39, 0.29) is 34.2 Å². The molecular formula is C50H89IO9Si3. The number of carbonyl (C=O) groups excluding carboxylic acids is 3. The molecule has 0 spiro atoms. The van der Waals surface area contributed by atoms with Gasteiger partial charge in [0.2, 0.25) is 0 Å². The van der Waals surface area contributed by atoms with Crippen molar-refractivity contribution in [2.45, 2.75) is 240 Å². The molecule has 63 heavy (non-hydrogen) atoms. The van der Waals surface area contributed by atoms with Gasteiger partial charge in [-0.1, -0.05) is 153 Å². The SMILES string of the molecule is CC(=O)O[C@@H](C[C@@H](OC(C)=O)C(C)(C)[C@@H](CC=CI)O[Si](C)(C)C(C)(C)C)[C@@H](C)[C@H]1Cc2c(C)c(O[Si](C(C)C)(C(C)C)C(C)C)cc(O[Si](C(C)C)(C(C)C)C(C)C)c2C(=O)O1. The molecule has 0 aliphatic carbocycles. The van der Waals surface area contributed by atoms with Gasteiger partial charge in [-0.25, -0.2) is 4.79 Å². The smallest absolute Gasteiger partial charge is 0.342 e. The number of benzene rings is 1. The third kappa shape index (κ3) is 12.9. The molecule has 5 atom stereocenters. The number of rotatable bonds is 22. The fourth-order valence-corrected chi connectivity index (χ4v) is 22.7. The highest BCUT2D eigenvalue weighted by atomic mass is 127. The largest absolute Gasteiger partial charge is 0.542 e. The number of hydrogen-bond donors (Lipinski definition) is 0. The van der Waals surface area contributed by atoms with E-state index in [4.69, 9.17) is 27.5 Å². The monoisotopic (exact) mass is 1040 g/mol. The number of hydrogen-bond acceptors (Lipinski definition) is 9. The molecule has 9 nitrogen and oxygen atoms in total. The standard InChI is InChI=1S/C50H89IO9Si3/c1-30(2)62(31(3)4,32(5)6)58-43-28-44(59-63(33(7)8,34(9)10)35(11)12)47-40(36(43)13)27-41(57-48(47)54)37(14)42(55-38(15)52)29-46(56-39(16)53)50(20,21)45(25-24-26-51)60-61(22,23)49(17,18)19/h24,26,28,30-35,37,41-42,45-46H,25,27,29H2,1-23H3/t37-,41+,42-,45+,46+/m0/s1. The van der Waals surface area contributed by atoms with Crippen molar-refractivity contribution in [1.29, 1.82) is 0 Å². The van der Waals surface area contributed by atoms with Gasteiger partial charge >= 0.3 is 17.9 Å². The van der Waals surface area contributed by atoms with Gasteiger partial charge in [-0.05, 0) is 79.9 Å². The number of halogens is 1. The Morgan fingerprint density at radius 2 is 1.21 bits per heavy atom. The van der Waals surface area contributed by atoms with E-state index in [1.54, 1.807) is 0 Å². The lowest BCUT2D eigenvalue weighted by Crippen LogP contribution is -2.53. The lowest BCUT2D eigenvalue weighted by Gasteiger charge is -2.47. The molecule has 13 heteroatoms. The van der Waals surface area contributed by atoms with Crippen LogP contribution in [0.3, 0.4) is 0 Å². The molecule has 0 amide bonds. The summed E-state index contributed by atoms with van der Waals surface area (Å²) < 4.78 is 42.8. The molecule has 0 bridgehead atoms. The van der Waals surface area contributed by atoms with Gasteiger partial charge in [0.05, 0.1) is 6.10 Å². The number of fused-ring (bicyclic) bond motifs is 1. The first kappa shape index (κ1) is 57.4. The summed E-state index contributed by atoms with van der Waals surface area (Å²) >= 11 is 2.22. The summed E-state index contributed by atoms with van der Waals surface area (Å²) in [5.41, 5.74) is 3.30. The zero-order chi connectivity index (χ0) is 49.0. The van der Waals surface area contributed by atoms with Gasteiger partial charge in [0.15, 0.2) is 8.32 Å². The molecule has 1 aromatic rings. The average Bonchev–Trinajstić information content (AvgIpc) is 3.12. The number of cyclic esters (lactones) is 1. The Kier molecular flexibility index (Phi) is 20.4. The maximum Gasteiger partial charge on any atom is 0.342 e. The highest BCUT2D eigenvalue weighted by Gasteiger charge is 2.52. The molecule has 0 saturated carbocycles. The Labute approximate surface area is 401 Å². The molecule has 362 valence electrons. The van der Waals surface area contributed by atoms with Gasteiger partial charge in [-0.2, -0.15) is 0 Å². The van der Waals surface area contributed by atoms with Crippen molar-refractivity contribution in [1.82, 2.24) is 0 Å². The predicted molar refractivity (Wildman–Crippen MR) is 276 cm³/mol. The second-order valence-electron chi connectivity index (χ2n) is 22.5. The van der Waals surface area contributed by atoms with Crippen molar-refractivity contribution in [3.8, 4) is 11.5 Å². The molecule has 1 aliphatic heterocycles. The Bertz CT molecular complexity index is 1700. The molecule has 2 rings (SSSR count). The van der Waals surface area contributed by atoms with Gasteiger partial charge in [0, 0.05) is 44.1 Å². The molecule has 0 N–H and O–H groups in total. The van der Waals surface area contributed by atoms with E-state index in [2.05, 4.69) is 166 Å². The second-order valence-corrected chi connectivity index (χ2v) is 38.7. The number of ether oxygens (including phenoxy) is 3. The Morgan fingerprint density at radius 1 is 0.762 bits per heavy atom. The quantitative estimate of drug-likeness (QED) is 0.0486. The summed E-state index contributed by atoms with van der Waals surface area (Å²) in [6.45, 7) is 49.2. The fourth-order valence-electron chi connectivity index (χ4n) is 10.4. The van der Waals surface area contributed by atoms with Crippen molar-refractivity contribution in [2.75, 3.05) is 0 Å². The highest BCUT2D eigenvalue weighted by molar-refractivity contribution is 14.1. The first-order chi connectivity index (χ1) is 28.7. The highest BCUT2D eigenvalue weighted by Crippen LogP contribution is 2.50. The molecule has 0 aromatic heterocycles. The number of carbonyl (C=O) groups is 3. The van der Waals surface area contributed by atoms with Gasteiger partial charge in [0.25, 0.3) is 16.6 Å². The zero-order valence-corrected chi connectivity index (χ0v) is 48.9. The predicted octanol–water partition coefficient (Wildman–Crippen LogP) is 14.8. The van der Waals surface area contributed by atoms with Crippen LogP contribution in [0.25, 0.3) is 0 Å². The molecule has 1 heterocycles. The maximum atomic E-state index is 14.7. The van der Waals surface area contributed by atoms with E-state index in [0.29, 0.717) is 40.8 Å². The molecule has 0 unspecified atom stereocenters. The van der Waals surface area contributed by atoms with Crippen LogP contribution in [0.15, 0.2) is 16.2 Å². The van der Waals surface area contributed by atoms with Gasteiger partial charge in [0.1, 0.15) is 35.4 Å². The third-order valence-corrected chi connectivity index (χ3v) is 32.0. The van der Waals surface area contributed by atoms with Crippen molar-refractivity contribution in [3.05, 3.63) is 32.9 Å². The van der Waals surface area contributed by atoms with Crippen LogP contribution in [0.1, 0.15) is 173 Å². The Hall–Kier alpha value is -1.69. The van der Waals surface area contributed by atoms with Crippen LogP contribution in [0, 0.1) is 18.3 Å². The van der Waals surface area contributed by atoms with Crippen molar-refractivity contribution in [3.63, 3.8) is 0 Å². The average molecular weight is 1050 g/mol. The van der Waals surface area contributed by atoms with Gasteiger partial charge in [-0.15, -0.1) is 0 Å².